The van der Waals surface area contributed by atoms with Crippen LogP contribution in [-0.4, -0.2) is 36.5 Å². The van der Waals surface area contributed by atoms with Crippen molar-refractivity contribution in [2.75, 3.05) is 10.6 Å². The molecule has 6 rings (SSSR count). The molecule has 2 unspecified atom stereocenters. The lowest BCUT2D eigenvalue weighted by atomic mass is 10.1. The zero-order chi connectivity index (χ0) is 22.9. The van der Waals surface area contributed by atoms with Crippen LogP contribution in [-0.2, 0) is 16.1 Å². The summed E-state index contributed by atoms with van der Waals surface area (Å²) in [4.78, 5) is 39.5. The quantitative estimate of drug-likeness (QED) is 0.481. The molecule has 1 saturated carbocycles. The predicted molar refractivity (Wildman–Crippen MR) is 117 cm³/mol. The summed E-state index contributed by atoms with van der Waals surface area (Å²) in [6.45, 7) is 1.95. The number of benzene rings is 1. The number of nitrogens with two attached hydrogens (primary N) is 1. The first-order valence-corrected chi connectivity index (χ1v) is 10.4. The highest BCUT2D eigenvalue weighted by molar-refractivity contribution is 6.27. The van der Waals surface area contributed by atoms with E-state index < -0.39 is 5.41 Å². The van der Waals surface area contributed by atoms with E-state index in [-0.39, 0.29) is 47.4 Å². The number of carbonyl (C=O) groups excluding carboxylic acids is 2. The predicted octanol–water partition coefficient (Wildman–Crippen LogP) is 2.56. The van der Waals surface area contributed by atoms with E-state index in [1.54, 1.807) is 42.1 Å². The summed E-state index contributed by atoms with van der Waals surface area (Å²) >= 11 is 0. The number of hydrogen-bond donors (Lipinski definition) is 1. The Hall–Kier alpha value is -4.21. The average Bonchev–Trinajstić information content (AvgIpc) is 3.33. The van der Waals surface area contributed by atoms with Gasteiger partial charge in [-0.05, 0) is 31.5 Å². The SMILES string of the molecule is CC12CC1C(=O)N(c1cnc(-c3nn(Cc4ccccc4F)c4ncccc34)nc1N)C2=O. The molecule has 1 aliphatic heterocycles. The van der Waals surface area contributed by atoms with Crippen LogP contribution in [0.15, 0.2) is 48.8 Å². The van der Waals surface area contributed by atoms with Crippen molar-refractivity contribution in [2.45, 2.75) is 19.9 Å². The minimum atomic E-state index is -0.643. The highest BCUT2D eigenvalue weighted by atomic mass is 19.1. The summed E-state index contributed by atoms with van der Waals surface area (Å²) in [5.74, 6) is -0.952. The lowest BCUT2D eigenvalue weighted by Crippen LogP contribution is -2.35. The topological polar surface area (TPSA) is 120 Å². The molecule has 4 heterocycles. The molecule has 10 heteroatoms. The molecule has 2 aliphatic rings. The zero-order valence-electron chi connectivity index (χ0n) is 17.6. The van der Waals surface area contributed by atoms with Gasteiger partial charge in [-0.25, -0.2) is 28.9 Å². The lowest BCUT2D eigenvalue weighted by Gasteiger charge is -2.18. The maximum atomic E-state index is 14.2. The van der Waals surface area contributed by atoms with Crippen LogP contribution in [0.2, 0.25) is 0 Å². The number of hydrogen-bond acceptors (Lipinski definition) is 7. The van der Waals surface area contributed by atoms with Crippen LogP contribution in [0.1, 0.15) is 18.9 Å². The average molecular weight is 443 g/mol. The van der Waals surface area contributed by atoms with Crippen LogP contribution in [0.5, 0.6) is 0 Å². The van der Waals surface area contributed by atoms with Gasteiger partial charge in [0, 0.05) is 11.8 Å². The molecule has 0 bridgehead atoms. The number of fused-ring (bicyclic) bond motifs is 2. The Kier molecular flexibility index (Phi) is 3.92. The molecular weight excluding hydrogens is 425 g/mol. The van der Waals surface area contributed by atoms with E-state index in [1.807, 2.05) is 6.07 Å². The van der Waals surface area contributed by atoms with Crippen molar-refractivity contribution in [1.82, 2.24) is 24.7 Å². The van der Waals surface area contributed by atoms with E-state index in [2.05, 4.69) is 20.1 Å². The molecule has 0 spiro atoms. The fourth-order valence-electron chi connectivity index (χ4n) is 4.45. The van der Waals surface area contributed by atoms with Crippen molar-refractivity contribution in [3.63, 3.8) is 0 Å². The standard InChI is InChI=1S/C23H18FN7O2/c1-23-9-14(23)21(32)31(22(23)33)16-10-27-19(28-18(16)25)17-13-6-4-8-26-20(13)30(29-17)11-12-5-2-3-7-15(12)24/h2-8,10,14H,9,11H2,1H3,(H2,25,27,28). The minimum absolute atomic E-state index is 0.00675. The Morgan fingerprint density at radius 2 is 2.00 bits per heavy atom. The summed E-state index contributed by atoms with van der Waals surface area (Å²) in [6, 6.07) is 10.0. The third-order valence-corrected chi connectivity index (χ3v) is 6.48. The fourth-order valence-corrected chi connectivity index (χ4v) is 4.45. The molecule has 1 saturated heterocycles. The van der Waals surface area contributed by atoms with Gasteiger partial charge in [0.15, 0.2) is 17.3 Å². The zero-order valence-corrected chi connectivity index (χ0v) is 17.6. The summed E-state index contributed by atoms with van der Waals surface area (Å²) in [7, 11) is 0. The van der Waals surface area contributed by atoms with E-state index in [9.17, 15) is 14.0 Å². The van der Waals surface area contributed by atoms with E-state index in [1.165, 1.54) is 12.3 Å². The molecule has 2 amide bonds. The third kappa shape index (κ3) is 2.76. The van der Waals surface area contributed by atoms with E-state index in [4.69, 9.17) is 5.73 Å². The largest absolute Gasteiger partial charge is 0.382 e. The van der Waals surface area contributed by atoms with Crippen molar-refractivity contribution in [3.05, 3.63) is 60.2 Å². The molecule has 1 aliphatic carbocycles. The second-order valence-electron chi connectivity index (χ2n) is 8.59. The second kappa shape index (κ2) is 6.64. The molecule has 2 fully saturated rings. The summed E-state index contributed by atoms with van der Waals surface area (Å²) in [6.07, 6.45) is 3.57. The number of pyridine rings is 1. The molecule has 1 aromatic carbocycles. The van der Waals surface area contributed by atoms with E-state index >= 15 is 0 Å². The molecule has 0 radical (unpaired) electrons. The smallest absolute Gasteiger partial charge is 0.240 e. The van der Waals surface area contributed by atoms with Gasteiger partial charge in [-0.1, -0.05) is 18.2 Å². The first-order chi connectivity index (χ1) is 15.9. The van der Waals surface area contributed by atoms with Gasteiger partial charge in [0.25, 0.3) is 0 Å². The summed E-state index contributed by atoms with van der Waals surface area (Å²) in [5, 5.41) is 5.25. The van der Waals surface area contributed by atoms with Gasteiger partial charge in [0.2, 0.25) is 11.8 Å². The Labute approximate surface area is 187 Å². The molecule has 2 atom stereocenters. The van der Waals surface area contributed by atoms with Crippen LogP contribution in [0.25, 0.3) is 22.6 Å². The highest BCUT2D eigenvalue weighted by Gasteiger charge is 2.69. The fraction of sp³-hybridized carbons (Fsp3) is 0.217. The van der Waals surface area contributed by atoms with Crippen LogP contribution >= 0.6 is 0 Å². The van der Waals surface area contributed by atoms with Gasteiger partial charge in [-0.15, -0.1) is 0 Å². The summed E-state index contributed by atoms with van der Waals surface area (Å²) in [5.41, 5.74) is 7.12. The van der Waals surface area contributed by atoms with Crippen LogP contribution < -0.4 is 10.6 Å². The monoisotopic (exact) mass is 443 g/mol. The Morgan fingerprint density at radius 3 is 2.73 bits per heavy atom. The lowest BCUT2D eigenvalue weighted by molar-refractivity contribution is -0.124. The van der Waals surface area contributed by atoms with Gasteiger partial charge in [0.1, 0.15) is 17.2 Å². The number of piperidine rings is 1. The van der Waals surface area contributed by atoms with Crippen molar-refractivity contribution in [1.29, 1.82) is 0 Å². The van der Waals surface area contributed by atoms with Crippen molar-refractivity contribution < 1.29 is 14.0 Å². The normalized spacial score (nSPS) is 21.6. The number of anilines is 2. The number of aromatic nitrogens is 5. The maximum Gasteiger partial charge on any atom is 0.240 e. The first-order valence-electron chi connectivity index (χ1n) is 10.4. The Morgan fingerprint density at radius 1 is 1.18 bits per heavy atom. The number of halogens is 1. The highest BCUT2D eigenvalue weighted by Crippen LogP contribution is 2.59. The van der Waals surface area contributed by atoms with Crippen LogP contribution in [0, 0.1) is 17.2 Å². The number of rotatable bonds is 4. The van der Waals surface area contributed by atoms with Gasteiger partial charge < -0.3 is 5.73 Å². The Bertz CT molecular complexity index is 1480. The van der Waals surface area contributed by atoms with E-state index in [0.29, 0.717) is 28.7 Å². The number of carbonyl (C=O) groups is 2. The molecule has 9 nitrogen and oxygen atoms in total. The third-order valence-electron chi connectivity index (χ3n) is 6.48. The van der Waals surface area contributed by atoms with Crippen molar-refractivity contribution in [2.24, 2.45) is 11.3 Å². The number of amides is 2. The molecule has 33 heavy (non-hydrogen) atoms. The van der Waals surface area contributed by atoms with Gasteiger partial charge in [0.05, 0.1) is 29.5 Å². The van der Waals surface area contributed by atoms with Crippen LogP contribution in [0.4, 0.5) is 15.9 Å². The first kappa shape index (κ1) is 19.5. The van der Waals surface area contributed by atoms with Gasteiger partial charge in [-0.2, -0.15) is 5.10 Å². The maximum absolute atomic E-state index is 14.2. The minimum Gasteiger partial charge on any atom is -0.382 e. The molecule has 164 valence electrons. The van der Waals surface area contributed by atoms with E-state index in [0.717, 1.165) is 4.90 Å². The number of imide groups is 1. The molecule has 4 aromatic rings. The number of nitrogens with zero attached hydrogens (tertiary/aromatic N) is 6. The second-order valence-corrected chi connectivity index (χ2v) is 8.59. The van der Waals surface area contributed by atoms with Gasteiger partial charge in [-0.3, -0.25) is 9.59 Å². The molecule has 2 N–H and O–H groups in total. The molecular formula is C23H18FN7O2. The van der Waals surface area contributed by atoms with Crippen molar-refractivity contribution >= 4 is 34.4 Å². The Balaban J connectivity index is 1.41. The molecule has 3 aromatic heterocycles. The number of nitrogen functional groups attached to an aromatic ring is 1. The summed E-state index contributed by atoms with van der Waals surface area (Å²) < 4.78 is 15.8. The van der Waals surface area contributed by atoms with Crippen molar-refractivity contribution in [3.8, 4) is 11.5 Å². The van der Waals surface area contributed by atoms with Gasteiger partial charge >= 0.3 is 0 Å². The van der Waals surface area contributed by atoms with Crippen LogP contribution in [0.3, 0.4) is 0 Å².